The second kappa shape index (κ2) is 6.16. The highest BCUT2D eigenvalue weighted by atomic mass is 79.9. The Balaban J connectivity index is 2.25. The normalized spacial score (nSPS) is 11.2. The minimum Gasteiger partial charge on any atom is -0.502 e. The lowest BCUT2D eigenvalue weighted by atomic mass is 9.92. The molecule has 0 fully saturated rings. The van der Waals surface area contributed by atoms with Gasteiger partial charge in [0, 0.05) is 16.1 Å². The molecule has 0 aliphatic rings. The molecule has 3 aromatic rings. The maximum absolute atomic E-state index is 11.2. The van der Waals surface area contributed by atoms with E-state index >= 15 is 0 Å². The monoisotopic (exact) mass is 391 g/mol. The van der Waals surface area contributed by atoms with Gasteiger partial charge in [-0.25, -0.2) is 0 Å². The third-order valence-corrected chi connectivity index (χ3v) is 4.14. The Morgan fingerprint density at radius 3 is 2.04 bits per heavy atom. The maximum atomic E-state index is 11.2. The second-order valence-electron chi connectivity index (χ2n) is 5.45. The molecule has 2 aromatic heterocycles. The molecule has 124 valence electrons. The van der Waals surface area contributed by atoms with E-state index in [1.54, 1.807) is 44.2 Å². The average Bonchev–Trinajstić information content (AvgIpc) is 3.12. The first-order valence-electron chi connectivity index (χ1n) is 7.16. The van der Waals surface area contributed by atoms with Crippen LogP contribution in [0.25, 0.3) is 0 Å². The average molecular weight is 392 g/mol. The largest absolute Gasteiger partial charge is 0.502 e. The van der Waals surface area contributed by atoms with Gasteiger partial charge in [-0.05, 0) is 44.2 Å². The fraction of sp³-hybridized carbons (Fsp3) is 0.176. The van der Waals surface area contributed by atoms with Gasteiger partial charge < -0.3 is 13.9 Å². The molecule has 7 heteroatoms. The first-order valence-corrected chi connectivity index (χ1v) is 7.95. The Labute approximate surface area is 146 Å². The summed E-state index contributed by atoms with van der Waals surface area (Å²) in [7, 11) is 0. The molecule has 0 saturated heterocycles. The summed E-state index contributed by atoms with van der Waals surface area (Å²) in [4.78, 5) is 10.6. The van der Waals surface area contributed by atoms with E-state index in [1.807, 2.05) is 0 Å². The van der Waals surface area contributed by atoms with Crippen molar-refractivity contribution < 1.29 is 18.9 Å². The van der Waals surface area contributed by atoms with E-state index in [2.05, 4.69) is 15.9 Å². The fourth-order valence-corrected chi connectivity index (χ4v) is 3.09. The Morgan fingerprint density at radius 2 is 1.62 bits per heavy atom. The molecule has 0 saturated carbocycles. The first-order chi connectivity index (χ1) is 11.4. The summed E-state index contributed by atoms with van der Waals surface area (Å²) in [5.74, 6) is 1.46. The number of rotatable bonds is 4. The van der Waals surface area contributed by atoms with Crippen LogP contribution in [-0.4, -0.2) is 10.0 Å². The van der Waals surface area contributed by atoms with E-state index in [1.165, 1.54) is 6.07 Å². The lowest BCUT2D eigenvalue weighted by Crippen LogP contribution is -2.03. The van der Waals surface area contributed by atoms with Crippen molar-refractivity contribution in [2.24, 2.45) is 0 Å². The van der Waals surface area contributed by atoms with Crippen LogP contribution >= 0.6 is 15.9 Å². The molecule has 0 amide bonds. The van der Waals surface area contributed by atoms with Crippen molar-refractivity contribution in [2.75, 3.05) is 0 Å². The molecule has 0 aliphatic carbocycles. The van der Waals surface area contributed by atoms with Crippen molar-refractivity contribution in [3.63, 3.8) is 0 Å². The highest BCUT2D eigenvalue weighted by Gasteiger charge is 2.30. The van der Waals surface area contributed by atoms with Gasteiger partial charge in [0.15, 0.2) is 5.75 Å². The summed E-state index contributed by atoms with van der Waals surface area (Å²) in [6.45, 7) is 3.61. The predicted octanol–water partition coefficient (Wildman–Crippen LogP) is 5.05. The molecule has 3 rings (SSSR count). The van der Waals surface area contributed by atoms with Crippen molar-refractivity contribution >= 4 is 21.6 Å². The minimum atomic E-state index is -0.624. The Bertz CT molecular complexity index is 871. The van der Waals surface area contributed by atoms with Crippen LogP contribution in [0, 0.1) is 24.0 Å². The van der Waals surface area contributed by atoms with Crippen LogP contribution in [0.2, 0.25) is 0 Å². The number of hydrogen-bond acceptors (Lipinski definition) is 5. The number of nitro benzene ring substituents is 1. The molecule has 2 heterocycles. The lowest BCUT2D eigenvalue weighted by Gasteiger charge is -2.15. The van der Waals surface area contributed by atoms with Crippen LogP contribution in [0.5, 0.6) is 5.75 Å². The molecule has 0 atom stereocenters. The summed E-state index contributed by atoms with van der Waals surface area (Å²) >= 11 is 3.26. The third kappa shape index (κ3) is 2.94. The number of phenols is 1. The van der Waals surface area contributed by atoms with Gasteiger partial charge in [0.2, 0.25) is 0 Å². The standard InChI is InChI=1S/C17H14BrNO5/c1-9-3-5-14(23-9)16(15-6-4-10(2)24-15)12-7-11(18)8-13(17(12)20)19(21)22/h3-8,16,20H,1-2H3. The first kappa shape index (κ1) is 16.3. The second-order valence-corrected chi connectivity index (χ2v) is 6.37. The van der Waals surface area contributed by atoms with Gasteiger partial charge >= 0.3 is 5.69 Å². The predicted molar refractivity (Wildman–Crippen MR) is 90.3 cm³/mol. The van der Waals surface area contributed by atoms with Crippen LogP contribution in [0.3, 0.4) is 0 Å². The van der Waals surface area contributed by atoms with E-state index in [4.69, 9.17) is 8.83 Å². The number of furan rings is 2. The zero-order chi connectivity index (χ0) is 17.4. The number of nitrogens with zero attached hydrogens (tertiary/aromatic N) is 1. The van der Waals surface area contributed by atoms with Gasteiger partial charge in [-0.3, -0.25) is 10.1 Å². The molecular formula is C17H14BrNO5. The molecule has 0 spiro atoms. The number of benzene rings is 1. The smallest absolute Gasteiger partial charge is 0.312 e. The molecule has 0 unspecified atom stereocenters. The van der Waals surface area contributed by atoms with Gasteiger partial charge in [0.05, 0.1) is 4.92 Å². The van der Waals surface area contributed by atoms with Crippen LogP contribution < -0.4 is 0 Å². The summed E-state index contributed by atoms with van der Waals surface area (Å²) in [6.07, 6.45) is 0. The van der Waals surface area contributed by atoms with E-state index in [0.717, 1.165) is 0 Å². The number of aromatic hydroxyl groups is 1. The number of aryl methyl sites for hydroxylation is 2. The van der Waals surface area contributed by atoms with E-state index < -0.39 is 16.6 Å². The van der Waals surface area contributed by atoms with E-state index in [-0.39, 0.29) is 5.69 Å². The molecular weight excluding hydrogens is 378 g/mol. The molecule has 0 bridgehead atoms. The van der Waals surface area contributed by atoms with Crippen LogP contribution in [-0.2, 0) is 0 Å². The highest BCUT2D eigenvalue weighted by Crippen LogP contribution is 2.43. The molecule has 0 radical (unpaired) electrons. The maximum Gasteiger partial charge on any atom is 0.312 e. The zero-order valence-corrected chi connectivity index (χ0v) is 14.5. The van der Waals surface area contributed by atoms with Crippen molar-refractivity contribution in [3.05, 3.63) is 79.6 Å². The highest BCUT2D eigenvalue weighted by molar-refractivity contribution is 9.10. The van der Waals surface area contributed by atoms with Crippen molar-refractivity contribution in [1.82, 2.24) is 0 Å². The Morgan fingerprint density at radius 1 is 1.08 bits per heavy atom. The van der Waals surface area contributed by atoms with Crippen molar-refractivity contribution in [2.45, 2.75) is 19.8 Å². The van der Waals surface area contributed by atoms with Gasteiger partial charge in [-0.2, -0.15) is 0 Å². The quantitative estimate of drug-likeness (QED) is 0.496. The number of phenolic OH excluding ortho intramolecular Hbond substituents is 1. The van der Waals surface area contributed by atoms with Crippen LogP contribution in [0.4, 0.5) is 5.69 Å². The van der Waals surface area contributed by atoms with Gasteiger partial charge in [0.25, 0.3) is 0 Å². The third-order valence-electron chi connectivity index (χ3n) is 3.68. The lowest BCUT2D eigenvalue weighted by molar-refractivity contribution is -0.386. The summed E-state index contributed by atoms with van der Waals surface area (Å²) < 4.78 is 11.9. The number of nitro groups is 1. The minimum absolute atomic E-state index is 0.333. The zero-order valence-electron chi connectivity index (χ0n) is 12.9. The molecule has 0 aliphatic heterocycles. The van der Waals surface area contributed by atoms with Gasteiger partial charge in [-0.15, -0.1) is 0 Å². The van der Waals surface area contributed by atoms with Crippen molar-refractivity contribution in [1.29, 1.82) is 0 Å². The summed E-state index contributed by atoms with van der Waals surface area (Å²) in [6, 6.07) is 10.0. The fourth-order valence-electron chi connectivity index (χ4n) is 2.63. The summed E-state index contributed by atoms with van der Waals surface area (Å²) in [5.41, 5.74) is -0.0456. The summed E-state index contributed by atoms with van der Waals surface area (Å²) in [5, 5.41) is 21.7. The number of halogens is 1. The van der Waals surface area contributed by atoms with Crippen LogP contribution in [0.15, 0.2) is 49.7 Å². The SMILES string of the molecule is Cc1ccc(C(c2ccc(C)o2)c2cc(Br)cc([N+](=O)[O-])c2O)o1. The van der Waals surface area contributed by atoms with E-state index in [0.29, 0.717) is 33.1 Å². The van der Waals surface area contributed by atoms with Gasteiger partial charge in [0.1, 0.15) is 29.0 Å². The topological polar surface area (TPSA) is 89.7 Å². The Kier molecular flexibility index (Phi) is 4.19. The number of hydrogen-bond donors (Lipinski definition) is 1. The molecule has 6 nitrogen and oxygen atoms in total. The molecule has 1 aromatic carbocycles. The van der Waals surface area contributed by atoms with Crippen LogP contribution in [0.1, 0.15) is 34.5 Å². The molecule has 1 N–H and O–H groups in total. The van der Waals surface area contributed by atoms with Crippen molar-refractivity contribution in [3.8, 4) is 5.75 Å². The van der Waals surface area contributed by atoms with E-state index in [9.17, 15) is 15.2 Å². The molecule has 24 heavy (non-hydrogen) atoms. The van der Waals surface area contributed by atoms with Gasteiger partial charge in [-0.1, -0.05) is 15.9 Å². The Hall–Kier alpha value is -2.54.